The first-order valence-electron chi connectivity index (χ1n) is 10.1. The smallest absolute Gasteiger partial charge is 0.111 e. The molecule has 1 saturated carbocycles. The summed E-state index contributed by atoms with van der Waals surface area (Å²) >= 11 is 1.84. The van der Waals surface area contributed by atoms with E-state index in [1.165, 1.54) is 61.1 Å². The van der Waals surface area contributed by atoms with Crippen LogP contribution in [0.1, 0.15) is 75.4 Å². The summed E-state index contributed by atoms with van der Waals surface area (Å²) in [5.74, 6) is 0.757. The number of hydrogen-bond acceptors (Lipinski definition) is 3. The van der Waals surface area contributed by atoms with E-state index in [2.05, 4.69) is 48.8 Å². The molecule has 1 fully saturated rings. The quantitative estimate of drug-likeness (QED) is 0.555. The van der Waals surface area contributed by atoms with Gasteiger partial charge in [0.05, 0.1) is 11.7 Å². The van der Waals surface area contributed by atoms with Gasteiger partial charge in [-0.25, -0.2) is 4.98 Å². The van der Waals surface area contributed by atoms with Crippen molar-refractivity contribution >= 4 is 11.3 Å². The molecule has 1 atom stereocenters. The van der Waals surface area contributed by atoms with Gasteiger partial charge in [-0.3, -0.25) is 0 Å². The van der Waals surface area contributed by atoms with Gasteiger partial charge in [-0.1, -0.05) is 63.8 Å². The Balaban J connectivity index is 1.76. The first-order chi connectivity index (χ1) is 12.3. The van der Waals surface area contributed by atoms with Crippen LogP contribution in [0.15, 0.2) is 29.6 Å². The van der Waals surface area contributed by atoms with Gasteiger partial charge in [-0.05, 0) is 43.7 Å². The molecule has 2 aromatic rings. The Labute approximate surface area is 157 Å². The number of rotatable bonds is 8. The largest absolute Gasteiger partial charge is 0.308 e. The molecular formula is C22H32N2S. The fourth-order valence-electron chi connectivity index (χ4n) is 3.83. The maximum Gasteiger partial charge on any atom is 0.111 e. The predicted octanol–water partition coefficient (Wildman–Crippen LogP) is 6.38. The molecule has 1 aliphatic rings. The molecule has 0 aliphatic heterocycles. The van der Waals surface area contributed by atoms with Gasteiger partial charge >= 0.3 is 0 Å². The molecule has 136 valence electrons. The van der Waals surface area contributed by atoms with Crippen LogP contribution in [0.2, 0.25) is 0 Å². The highest BCUT2D eigenvalue weighted by atomic mass is 32.1. The Kier molecular flexibility index (Phi) is 7.06. The minimum absolute atomic E-state index is 0.445. The average molecular weight is 357 g/mol. The number of aromatic nitrogens is 1. The molecule has 1 aromatic heterocycles. The van der Waals surface area contributed by atoms with Gasteiger partial charge in [0.15, 0.2) is 0 Å². The molecule has 1 aromatic carbocycles. The highest BCUT2D eigenvalue weighted by Gasteiger charge is 2.27. The third-order valence-electron chi connectivity index (χ3n) is 5.46. The number of hydrogen-bond donors (Lipinski definition) is 1. The minimum Gasteiger partial charge on any atom is -0.308 e. The first-order valence-corrected chi connectivity index (χ1v) is 11.0. The van der Waals surface area contributed by atoms with Crippen molar-refractivity contribution in [1.29, 1.82) is 0 Å². The van der Waals surface area contributed by atoms with Crippen LogP contribution in [0.3, 0.4) is 0 Å². The van der Waals surface area contributed by atoms with Crippen LogP contribution in [-0.2, 0) is 6.42 Å². The van der Waals surface area contributed by atoms with E-state index in [4.69, 9.17) is 4.98 Å². The maximum absolute atomic E-state index is 5.05. The van der Waals surface area contributed by atoms with Crippen molar-refractivity contribution < 1.29 is 0 Å². The van der Waals surface area contributed by atoms with Crippen molar-refractivity contribution in [3.05, 3.63) is 40.2 Å². The Morgan fingerprint density at radius 2 is 1.88 bits per heavy atom. The first kappa shape index (κ1) is 18.6. The van der Waals surface area contributed by atoms with Gasteiger partial charge in [0.1, 0.15) is 5.01 Å². The second kappa shape index (κ2) is 9.49. The second-order valence-corrected chi connectivity index (χ2v) is 8.19. The van der Waals surface area contributed by atoms with E-state index in [0.717, 1.165) is 24.6 Å². The normalized spacial score (nSPS) is 16.9. The van der Waals surface area contributed by atoms with E-state index in [9.17, 15) is 0 Å². The average Bonchev–Trinajstić information content (AvgIpc) is 3.16. The number of aryl methyl sites for hydroxylation is 1. The molecular weight excluding hydrogens is 324 g/mol. The summed E-state index contributed by atoms with van der Waals surface area (Å²) in [4.78, 5) is 5.05. The summed E-state index contributed by atoms with van der Waals surface area (Å²) in [6.07, 6.45) is 10.5. The highest BCUT2D eigenvalue weighted by molar-refractivity contribution is 7.10. The molecule has 0 amide bonds. The number of unbranched alkanes of at least 4 members (excludes halogenated alkanes) is 1. The Hall–Kier alpha value is -1.19. The topological polar surface area (TPSA) is 24.9 Å². The van der Waals surface area contributed by atoms with Crippen molar-refractivity contribution in [2.75, 3.05) is 6.54 Å². The monoisotopic (exact) mass is 356 g/mol. The molecule has 0 spiro atoms. The van der Waals surface area contributed by atoms with Gasteiger partial charge in [0.25, 0.3) is 0 Å². The van der Waals surface area contributed by atoms with E-state index in [0.29, 0.717) is 6.04 Å². The van der Waals surface area contributed by atoms with Crippen LogP contribution < -0.4 is 5.32 Å². The van der Waals surface area contributed by atoms with Gasteiger partial charge in [0, 0.05) is 10.9 Å². The predicted molar refractivity (Wildman–Crippen MR) is 109 cm³/mol. The lowest BCUT2D eigenvalue weighted by molar-refractivity contribution is 0.270. The molecule has 2 nitrogen and oxygen atoms in total. The van der Waals surface area contributed by atoms with E-state index in [1.54, 1.807) is 0 Å². The minimum atomic E-state index is 0.445. The molecule has 3 rings (SSSR count). The summed E-state index contributed by atoms with van der Waals surface area (Å²) in [6, 6.07) is 9.34. The third-order valence-corrected chi connectivity index (χ3v) is 6.39. The van der Waals surface area contributed by atoms with Crippen molar-refractivity contribution in [2.24, 2.45) is 5.92 Å². The number of nitrogens with zero attached hydrogens (tertiary/aromatic N) is 1. The van der Waals surface area contributed by atoms with Crippen molar-refractivity contribution in [2.45, 2.75) is 71.3 Å². The number of thiazole rings is 1. The van der Waals surface area contributed by atoms with Crippen LogP contribution in [0, 0.1) is 5.92 Å². The molecule has 25 heavy (non-hydrogen) atoms. The summed E-state index contributed by atoms with van der Waals surface area (Å²) in [5.41, 5.74) is 3.77. The summed E-state index contributed by atoms with van der Waals surface area (Å²) in [6.45, 7) is 5.57. The standard InChI is InChI=1S/C22H32N2S/c1-3-5-15-23-21(19-9-7-6-8-10-19)22-24-20(16-25-22)18-13-11-17(4-2)12-14-18/h11-14,16,19,21,23H,3-10,15H2,1-2H3. The van der Waals surface area contributed by atoms with Crippen LogP contribution >= 0.6 is 11.3 Å². The summed E-state index contributed by atoms with van der Waals surface area (Å²) in [7, 11) is 0. The Morgan fingerprint density at radius 3 is 2.56 bits per heavy atom. The van der Waals surface area contributed by atoms with E-state index in [1.807, 2.05) is 11.3 Å². The molecule has 1 N–H and O–H groups in total. The zero-order chi connectivity index (χ0) is 17.5. The lowest BCUT2D eigenvalue weighted by atomic mass is 9.84. The summed E-state index contributed by atoms with van der Waals surface area (Å²) < 4.78 is 0. The fourth-order valence-corrected chi connectivity index (χ4v) is 4.83. The molecule has 1 unspecified atom stereocenters. The zero-order valence-electron chi connectivity index (χ0n) is 15.8. The van der Waals surface area contributed by atoms with Crippen molar-refractivity contribution in [3.8, 4) is 11.3 Å². The van der Waals surface area contributed by atoms with Crippen LogP contribution in [0.4, 0.5) is 0 Å². The Morgan fingerprint density at radius 1 is 1.12 bits per heavy atom. The van der Waals surface area contributed by atoms with Gasteiger partial charge in [0.2, 0.25) is 0 Å². The molecule has 0 bridgehead atoms. The third kappa shape index (κ3) is 4.92. The summed E-state index contributed by atoms with van der Waals surface area (Å²) in [5, 5.41) is 7.37. The van der Waals surface area contributed by atoms with E-state index in [-0.39, 0.29) is 0 Å². The van der Waals surface area contributed by atoms with Crippen LogP contribution in [0.25, 0.3) is 11.3 Å². The Bertz CT molecular complexity index is 626. The molecule has 0 saturated heterocycles. The second-order valence-electron chi connectivity index (χ2n) is 7.30. The SMILES string of the molecule is CCCCNC(c1nc(-c2ccc(CC)cc2)cs1)C1CCCCC1. The lowest BCUT2D eigenvalue weighted by Gasteiger charge is -2.29. The van der Waals surface area contributed by atoms with E-state index < -0.39 is 0 Å². The molecule has 3 heteroatoms. The van der Waals surface area contributed by atoms with Crippen LogP contribution in [0.5, 0.6) is 0 Å². The molecule has 1 heterocycles. The lowest BCUT2D eigenvalue weighted by Crippen LogP contribution is -2.30. The zero-order valence-corrected chi connectivity index (χ0v) is 16.6. The van der Waals surface area contributed by atoms with Gasteiger partial charge in [-0.2, -0.15) is 0 Å². The molecule has 1 aliphatic carbocycles. The van der Waals surface area contributed by atoms with E-state index >= 15 is 0 Å². The molecule has 0 radical (unpaired) electrons. The van der Waals surface area contributed by atoms with Crippen molar-refractivity contribution in [3.63, 3.8) is 0 Å². The van der Waals surface area contributed by atoms with Crippen LogP contribution in [-0.4, -0.2) is 11.5 Å². The number of nitrogens with one attached hydrogen (secondary N) is 1. The maximum atomic E-state index is 5.05. The van der Waals surface area contributed by atoms with Gasteiger partial charge < -0.3 is 5.32 Å². The van der Waals surface area contributed by atoms with Crippen molar-refractivity contribution in [1.82, 2.24) is 10.3 Å². The fraction of sp³-hybridized carbons (Fsp3) is 0.591. The number of benzene rings is 1. The van der Waals surface area contributed by atoms with Gasteiger partial charge in [-0.15, -0.1) is 11.3 Å². The highest BCUT2D eigenvalue weighted by Crippen LogP contribution is 2.37.